The van der Waals surface area contributed by atoms with Gasteiger partial charge in [0.05, 0.1) is 0 Å². The highest BCUT2D eigenvalue weighted by Crippen LogP contribution is 2.22. The molecule has 0 unspecified atom stereocenters. The smallest absolute Gasteiger partial charge is 0.0189 e. The maximum Gasteiger partial charge on any atom is 0.0189 e. The van der Waals surface area contributed by atoms with Crippen LogP contribution in [0.4, 0.5) is 0 Å². The first-order valence-electron chi connectivity index (χ1n) is 4.29. The second kappa shape index (κ2) is 5.22. The summed E-state index contributed by atoms with van der Waals surface area (Å²) < 4.78 is 0. The van der Waals surface area contributed by atoms with Gasteiger partial charge in [-0.2, -0.15) is 0 Å². The summed E-state index contributed by atoms with van der Waals surface area (Å²) in [5, 5.41) is 0. The van der Waals surface area contributed by atoms with Crippen LogP contribution in [0, 0.1) is 0 Å². The van der Waals surface area contributed by atoms with E-state index in [0.717, 1.165) is 0 Å². The molecule has 0 heterocycles. The van der Waals surface area contributed by atoms with Crippen LogP contribution in [0.25, 0.3) is 0 Å². The van der Waals surface area contributed by atoms with Gasteiger partial charge in [-0.05, 0) is 23.8 Å². The number of hydrogen-bond acceptors (Lipinski definition) is 2. The lowest BCUT2D eigenvalue weighted by Crippen LogP contribution is -1.97. The predicted octanol–water partition coefficient (Wildman–Crippen LogP) is 2.65. The molecule has 1 aromatic rings. The Kier molecular flexibility index (Phi) is 4.19. The Morgan fingerprint density at radius 1 is 1.33 bits per heavy atom. The maximum absolute atomic E-state index is 5.61. The first-order valence-corrected chi connectivity index (χ1v) is 5.27. The van der Waals surface area contributed by atoms with E-state index in [1.54, 1.807) is 0 Å². The minimum absolute atomic E-state index is 0.646. The molecule has 0 saturated carbocycles. The quantitative estimate of drug-likeness (QED) is 0.723. The summed E-state index contributed by atoms with van der Waals surface area (Å²) in [7, 11) is 0. The van der Waals surface area contributed by atoms with Gasteiger partial charge in [0.2, 0.25) is 0 Å². The Balaban J connectivity index is 2.68. The van der Waals surface area contributed by atoms with Crippen LogP contribution >= 0.6 is 11.8 Å². The van der Waals surface area contributed by atoms with Crippen molar-refractivity contribution in [3.8, 4) is 0 Å². The van der Waals surface area contributed by atoms with Crippen molar-refractivity contribution in [3.63, 3.8) is 0 Å². The predicted molar refractivity (Wildman–Crippen MR) is 55.3 cm³/mol. The molecule has 0 saturated heterocycles. The molecule has 0 fully saturated rings. The van der Waals surface area contributed by atoms with E-state index in [2.05, 4.69) is 25.1 Å². The van der Waals surface area contributed by atoms with Gasteiger partial charge in [-0.15, -0.1) is 11.8 Å². The van der Waals surface area contributed by atoms with Crippen molar-refractivity contribution in [2.75, 3.05) is 5.75 Å². The normalized spacial score (nSPS) is 10.2. The van der Waals surface area contributed by atoms with Gasteiger partial charge in [-0.25, -0.2) is 0 Å². The molecule has 0 aliphatic heterocycles. The average Bonchev–Trinajstić information content (AvgIpc) is 2.15. The van der Waals surface area contributed by atoms with Crippen LogP contribution in [0.2, 0.25) is 0 Å². The van der Waals surface area contributed by atoms with Crippen molar-refractivity contribution in [1.82, 2.24) is 0 Å². The minimum Gasteiger partial charge on any atom is -0.326 e. The molecule has 0 bridgehead atoms. The molecular weight excluding hydrogens is 166 g/mol. The van der Waals surface area contributed by atoms with E-state index < -0.39 is 0 Å². The van der Waals surface area contributed by atoms with Crippen molar-refractivity contribution in [3.05, 3.63) is 29.8 Å². The van der Waals surface area contributed by atoms with Crippen molar-refractivity contribution in [1.29, 1.82) is 0 Å². The summed E-state index contributed by atoms with van der Waals surface area (Å²) in [6.07, 6.45) is 1.21. The van der Waals surface area contributed by atoms with Crippen LogP contribution in [-0.2, 0) is 6.54 Å². The standard InChI is InChI=1S/C10H15NS/c1-2-7-12-10-6-4-3-5-9(10)8-11/h3-6H,2,7-8,11H2,1H3. The van der Waals surface area contributed by atoms with Crippen LogP contribution < -0.4 is 5.73 Å². The number of benzene rings is 1. The van der Waals surface area contributed by atoms with Gasteiger partial charge in [0.15, 0.2) is 0 Å². The molecule has 0 aliphatic carbocycles. The zero-order valence-electron chi connectivity index (χ0n) is 7.42. The number of hydrogen-bond donors (Lipinski definition) is 1. The molecule has 2 N–H and O–H groups in total. The van der Waals surface area contributed by atoms with E-state index in [1.807, 2.05) is 17.8 Å². The monoisotopic (exact) mass is 181 g/mol. The molecule has 0 amide bonds. The van der Waals surface area contributed by atoms with Crippen molar-refractivity contribution < 1.29 is 0 Å². The fourth-order valence-corrected chi connectivity index (χ4v) is 1.96. The van der Waals surface area contributed by atoms with E-state index in [4.69, 9.17) is 5.73 Å². The van der Waals surface area contributed by atoms with Crippen molar-refractivity contribution in [2.45, 2.75) is 24.8 Å². The van der Waals surface area contributed by atoms with Gasteiger partial charge in [0, 0.05) is 11.4 Å². The first kappa shape index (κ1) is 9.62. The van der Waals surface area contributed by atoms with Crippen LogP contribution in [0.1, 0.15) is 18.9 Å². The summed E-state index contributed by atoms with van der Waals surface area (Å²) >= 11 is 1.89. The summed E-state index contributed by atoms with van der Waals surface area (Å²) in [5.41, 5.74) is 6.87. The SMILES string of the molecule is CCCSc1ccccc1CN. The average molecular weight is 181 g/mol. The van der Waals surface area contributed by atoms with E-state index >= 15 is 0 Å². The third-order valence-corrected chi connectivity index (χ3v) is 2.98. The molecule has 1 aromatic carbocycles. The third-order valence-electron chi connectivity index (χ3n) is 1.65. The molecule has 1 rings (SSSR count). The lowest BCUT2D eigenvalue weighted by molar-refractivity contribution is 1.02. The van der Waals surface area contributed by atoms with Crippen LogP contribution in [0.5, 0.6) is 0 Å². The summed E-state index contributed by atoms with van der Waals surface area (Å²) in [6.45, 7) is 2.84. The first-order chi connectivity index (χ1) is 5.88. The minimum atomic E-state index is 0.646. The molecule has 2 heteroatoms. The highest BCUT2D eigenvalue weighted by atomic mass is 32.2. The van der Waals surface area contributed by atoms with Crippen molar-refractivity contribution >= 4 is 11.8 Å². The van der Waals surface area contributed by atoms with E-state index in [-0.39, 0.29) is 0 Å². The van der Waals surface area contributed by atoms with Gasteiger partial charge < -0.3 is 5.73 Å². The second-order valence-electron chi connectivity index (χ2n) is 2.66. The number of nitrogens with two attached hydrogens (primary N) is 1. The number of rotatable bonds is 4. The molecular formula is C10H15NS. The Bertz CT molecular complexity index is 235. The summed E-state index contributed by atoms with van der Waals surface area (Å²) in [5.74, 6) is 1.18. The fraction of sp³-hybridized carbons (Fsp3) is 0.400. The third kappa shape index (κ3) is 2.54. The van der Waals surface area contributed by atoms with E-state index in [0.29, 0.717) is 6.54 Å². The zero-order valence-corrected chi connectivity index (χ0v) is 8.23. The lowest BCUT2D eigenvalue weighted by Gasteiger charge is -2.05. The van der Waals surface area contributed by atoms with Gasteiger partial charge in [0.1, 0.15) is 0 Å². The largest absolute Gasteiger partial charge is 0.326 e. The Labute approximate surface area is 78.4 Å². The van der Waals surface area contributed by atoms with Crippen LogP contribution in [-0.4, -0.2) is 5.75 Å². The lowest BCUT2D eigenvalue weighted by atomic mass is 10.2. The van der Waals surface area contributed by atoms with Crippen LogP contribution in [0.15, 0.2) is 29.2 Å². The Hall–Kier alpha value is -0.470. The topological polar surface area (TPSA) is 26.0 Å². The Morgan fingerprint density at radius 2 is 2.08 bits per heavy atom. The van der Waals surface area contributed by atoms with Gasteiger partial charge in [0.25, 0.3) is 0 Å². The van der Waals surface area contributed by atoms with Crippen LogP contribution in [0.3, 0.4) is 0 Å². The summed E-state index contributed by atoms with van der Waals surface area (Å²) in [6, 6.07) is 8.34. The summed E-state index contributed by atoms with van der Waals surface area (Å²) in [4.78, 5) is 1.34. The molecule has 0 atom stereocenters. The molecule has 1 nitrogen and oxygen atoms in total. The molecule has 0 aromatic heterocycles. The molecule has 12 heavy (non-hydrogen) atoms. The molecule has 0 radical (unpaired) electrons. The van der Waals surface area contributed by atoms with E-state index in [9.17, 15) is 0 Å². The van der Waals surface area contributed by atoms with Gasteiger partial charge >= 0.3 is 0 Å². The molecule has 0 aliphatic rings. The molecule has 66 valence electrons. The number of thioether (sulfide) groups is 1. The molecule has 0 spiro atoms. The van der Waals surface area contributed by atoms with Gasteiger partial charge in [-0.1, -0.05) is 25.1 Å². The Morgan fingerprint density at radius 3 is 2.75 bits per heavy atom. The maximum atomic E-state index is 5.61. The van der Waals surface area contributed by atoms with Crippen molar-refractivity contribution in [2.24, 2.45) is 5.73 Å². The van der Waals surface area contributed by atoms with E-state index in [1.165, 1.54) is 22.6 Å². The van der Waals surface area contributed by atoms with Gasteiger partial charge in [-0.3, -0.25) is 0 Å². The highest BCUT2D eigenvalue weighted by Gasteiger charge is 1.98. The highest BCUT2D eigenvalue weighted by molar-refractivity contribution is 7.99. The fourth-order valence-electron chi connectivity index (χ4n) is 1.03. The second-order valence-corrected chi connectivity index (χ2v) is 3.80. The zero-order chi connectivity index (χ0) is 8.81.